The number of nitriles is 1. The second-order valence-electron chi connectivity index (χ2n) is 2.33. The van der Waals surface area contributed by atoms with E-state index in [4.69, 9.17) is 16.9 Å². The zero-order chi connectivity index (χ0) is 9.68. The second-order valence-corrected chi connectivity index (χ2v) is 2.66. The molecule has 13 heavy (non-hydrogen) atoms. The van der Waals surface area contributed by atoms with Gasteiger partial charge in [-0.1, -0.05) is 18.2 Å². The Balaban J connectivity index is 2.90. The number of benzene rings is 1. The van der Waals surface area contributed by atoms with Crippen molar-refractivity contribution in [3.05, 3.63) is 30.3 Å². The molecule has 0 atom stereocenters. The molecule has 0 fully saturated rings. The van der Waals surface area contributed by atoms with Crippen molar-refractivity contribution in [2.24, 2.45) is 0 Å². The van der Waals surface area contributed by atoms with E-state index in [-0.39, 0.29) is 6.54 Å². The van der Waals surface area contributed by atoms with Gasteiger partial charge in [-0.05, 0) is 23.7 Å². The van der Waals surface area contributed by atoms with Crippen LogP contribution in [0.1, 0.15) is 0 Å². The summed E-state index contributed by atoms with van der Waals surface area (Å²) in [6.07, 6.45) is 0. The molecule has 0 saturated heterocycles. The molecule has 0 heterocycles. The lowest BCUT2D eigenvalue weighted by atomic mass is 10.3. The number of carbonyl (C=O) groups is 1. The van der Waals surface area contributed by atoms with Gasteiger partial charge in [0.1, 0.15) is 6.54 Å². The normalized spacial score (nSPS) is 8.92. The van der Waals surface area contributed by atoms with E-state index < -0.39 is 5.37 Å². The molecule has 0 aliphatic heterocycles. The maximum atomic E-state index is 10.9. The van der Waals surface area contributed by atoms with E-state index in [0.717, 1.165) is 0 Å². The van der Waals surface area contributed by atoms with Crippen LogP contribution in [0, 0.1) is 11.3 Å². The van der Waals surface area contributed by atoms with Gasteiger partial charge in [-0.15, -0.1) is 0 Å². The molecule has 0 aliphatic carbocycles. The summed E-state index contributed by atoms with van der Waals surface area (Å²) in [6, 6.07) is 10.7. The molecule has 0 aliphatic rings. The molecular formula is C9H7ClN2O. The Bertz CT molecular complexity index is 331. The topological polar surface area (TPSA) is 44.1 Å². The third kappa shape index (κ3) is 2.46. The number of amides is 1. The summed E-state index contributed by atoms with van der Waals surface area (Å²) >= 11 is 5.29. The van der Waals surface area contributed by atoms with Gasteiger partial charge in [-0.25, -0.2) is 0 Å². The summed E-state index contributed by atoms with van der Waals surface area (Å²) in [5.41, 5.74) is 0.629. The minimum Gasteiger partial charge on any atom is -0.285 e. The Hall–Kier alpha value is -1.53. The maximum absolute atomic E-state index is 10.9. The van der Waals surface area contributed by atoms with Crippen LogP contribution in [-0.2, 0) is 0 Å². The molecule has 1 aromatic carbocycles. The summed E-state index contributed by atoms with van der Waals surface area (Å²) in [7, 11) is 0. The summed E-state index contributed by atoms with van der Waals surface area (Å²) in [5, 5.41) is 7.80. The highest BCUT2D eigenvalue weighted by Crippen LogP contribution is 2.14. The molecule has 0 spiro atoms. The Kier molecular flexibility index (Phi) is 3.30. The van der Waals surface area contributed by atoms with Gasteiger partial charge >= 0.3 is 5.37 Å². The standard InChI is InChI=1S/C9H7ClN2O/c10-9(13)12(7-6-11)8-4-2-1-3-5-8/h1-5H,7H2. The van der Waals surface area contributed by atoms with Crippen LogP contribution < -0.4 is 4.90 Å². The number of hydrogen-bond acceptors (Lipinski definition) is 2. The Morgan fingerprint density at radius 2 is 2.08 bits per heavy atom. The zero-order valence-electron chi connectivity index (χ0n) is 6.77. The number of hydrogen-bond donors (Lipinski definition) is 0. The summed E-state index contributed by atoms with van der Waals surface area (Å²) < 4.78 is 0. The van der Waals surface area contributed by atoms with E-state index in [0.29, 0.717) is 5.69 Å². The van der Waals surface area contributed by atoms with Gasteiger partial charge in [-0.2, -0.15) is 5.26 Å². The first kappa shape index (κ1) is 9.56. The van der Waals surface area contributed by atoms with Gasteiger partial charge in [0.15, 0.2) is 0 Å². The van der Waals surface area contributed by atoms with Gasteiger partial charge in [0, 0.05) is 5.69 Å². The lowest BCUT2D eigenvalue weighted by Gasteiger charge is -2.15. The fourth-order valence-electron chi connectivity index (χ4n) is 0.934. The molecule has 66 valence electrons. The number of halogens is 1. The molecular weight excluding hydrogens is 188 g/mol. The summed E-state index contributed by atoms with van der Waals surface area (Å²) in [5.74, 6) is 0. The van der Waals surface area contributed by atoms with Gasteiger partial charge in [0.05, 0.1) is 6.07 Å². The zero-order valence-corrected chi connectivity index (χ0v) is 7.53. The molecule has 1 rings (SSSR count). The van der Waals surface area contributed by atoms with Crippen LogP contribution in [0.2, 0.25) is 0 Å². The minimum atomic E-state index is -0.646. The smallest absolute Gasteiger partial charge is 0.285 e. The molecule has 0 unspecified atom stereocenters. The average molecular weight is 195 g/mol. The largest absolute Gasteiger partial charge is 0.321 e. The number of para-hydroxylation sites is 1. The van der Waals surface area contributed by atoms with Crippen LogP contribution in [0.15, 0.2) is 30.3 Å². The highest BCUT2D eigenvalue weighted by molar-refractivity contribution is 6.66. The van der Waals surface area contributed by atoms with E-state index in [1.807, 2.05) is 12.1 Å². The number of rotatable bonds is 2. The fourth-order valence-corrected chi connectivity index (χ4v) is 1.09. The average Bonchev–Trinajstić information content (AvgIpc) is 2.15. The molecule has 3 nitrogen and oxygen atoms in total. The van der Waals surface area contributed by atoms with Crippen molar-refractivity contribution < 1.29 is 4.79 Å². The van der Waals surface area contributed by atoms with Crippen LogP contribution in [0.25, 0.3) is 0 Å². The molecule has 0 saturated carbocycles. The van der Waals surface area contributed by atoms with Crippen LogP contribution in [0.3, 0.4) is 0 Å². The highest BCUT2D eigenvalue weighted by Gasteiger charge is 2.11. The van der Waals surface area contributed by atoms with Crippen molar-refractivity contribution in [2.45, 2.75) is 0 Å². The van der Waals surface area contributed by atoms with Crippen LogP contribution in [-0.4, -0.2) is 11.9 Å². The van der Waals surface area contributed by atoms with Crippen LogP contribution in [0.4, 0.5) is 10.5 Å². The first-order valence-electron chi connectivity index (χ1n) is 3.64. The Morgan fingerprint density at radius 1 is 1.46 bits per heavy atom. The molecule has 4 heteroatoms. The third-order valence-electron chi connectivity index (χ3n) is 1.51. The number of carbonyl (C=O) groups excluding carboxylic acids is 1. The second kappa shape index (κ2) is 4.48. The van der Waals surface area contributed by atoms with E-state index in [2.05, 4.69) is 0 Å². The SMILES string of the molecule is N#CCN(C(=O)Cl)c1ccccc1. The molecule has 1 aromatic rings. The maximum Gasteiger partial charge on any atom is 0.321 e. The molecule has 0 radical (unpaired) electrons. The van der Waals surface area contributed by atoms with Crippen molar-refractivity contribution in [3.8, 4) is 6.07 Å². The molecule has 1 amide bonds. The predicted octanol–water partition coefficient (Wildman–Crippen LogP) is 2.38. The van der Waals surface area contributed by atoms with Gasteiger partial charge in [0.25, 0.3) is 0 Å². The van der Waals surface area contributed by atoms with E-state index in [9.17, 15) is 4.79 Å². The highest BCUT2D eigenvalue weighted by atomic mass is 35.5. The van der Waals surface area contributed by atoms with Crippen LogP contribution in [0.5, 0.6) is 0 Å². The Morgan fingerprint density at radius 3 is 2.54 bits per heavy atom. The third-order valence-corrected chi connectivity index (χ3v) is 1.71. The fraction of sp³-hybridized carbons (Fsp3) is 0.111. The summed E-state index contributed by atoms with van der Waals surface area (Å²) in [4.78, 5) is 12.1. The minimum absolute atomic E-state index is 0.0354. The first-order valence-corrected chi connectivity index (χ1v) is 4.02. The number of anilines is 1. The van der Waals surface area contributed by atoms with Crippen LogP contribution >= 0.6 is 11.6 Å². The van der Waals surface area contributed by atoms with Crippen molar-refractivity contribution in [2.75, 3.05) is 11.4 Å². The lowest BCUT2D eigenvalue weighted by Crippen LogP contribution is -2.25. The molecule has 0 aromatic heterocycles. The van der Waals surface area contributed by atoms with Gasteiger partial charge in [0.2, 0.25) is 0 Å². The van der Waals surface area contributed by atoms with Gasteiger partial charge < -0.3 is 0 Å². The van der Waals surface area contributed by atoms with Crippen molar-refractivity contribution >= 4 is 22.7 Å². The van der Waals surface area contributed by atoms with Crippen molar-refractivity contribution in [1.29, 1.82) is 5.26 Å². The van der Waals surface area contributed by atoms with Crippen molar-refractivity contribution in [1.82, 2.24) is 0 Å². The van der Waals surface area contributed by atoms with Gasteiger partial charge in [-0.3, -0.25) is 9.69 Å². The Labute approximate surface area is 81.1 Å². The number of nitrogens with zero attached hydrogens (tertiary/aromatic N) is 2. The monoisotopic (exact) mass is 194 g/mol. The molecule has 0 bridgehead atoms. The summed E-state index contributed by atoms with van der Waals surface area (Å²) in [6.45, 7) is -0.0354. The first-order chi connectivity index (χ1) is 6.25. The lowest BCUT2D eigenvalue weighted by molar-refractivity contribution is 0.264. The van der Waals surface area contributed by atoms with E-state index in [1.54, 1.807) is 24.3 Å². The van der Waals surface area contributed by atoms with E-state index >= 15 is 0 Å². The van der Waals surface area contributed by atoms with Crippen molar-refractivity contribution in [3.63, 3.8) is 0 Å². The molecule has 0 N–H and O–H groups in total. The predicted molar refractivity (Wildman–Crippen MR) is 50.7 cm³/mol. The quantitative estimate of drug-likeness (QED) is 0.412. The van der Waals surface area contributed by atoms with E-state index in [1.165, 1.54) is 4.90 Å².